The van der Waals surface area contributed by atoms with Crippen molar-refractivity contribution >= 4 is 5.69 Å². The fourth-order valence-corrected chi connectivity index (χ4v) is 4.70. The van der Waals surface area contributed by atoms with E-state index in [1.165, 1.54) is 12.1 Å². The molecule has 164 valence electrons. The minimum Gasteiger partial charge on any atom is -0.365 e. The molecule has 0 radical (unpaired) electrons. The van der Waals surface area contributed by atoms with Crippen molar-refractivity contribution < 1.29 is 14.6 Å². The molecule has 1 saturated carbocycles. The number of allylic oxidation sites excluding steroid dienone is 2. The minimum absolute atomic E-state index is 0.0886. The molecule has 1 aromatic heterocycles. The Morgan fingerprint density at radius 1 is 1.18 bits per heavy atom. The van der Waals surface area contributed by atoms with E-state index in [1.807, 2.05) is 48.0 Å². The van der Waals surface area contributed by atoms with Crippen molar-refractivity contribution in [3.63, 3.8) is 0 Å². The average molecular weight is 441 g/mol. The zero-order valence-electron chi connectivity index (χ0n) is 17.8. The van der Waals surface area contributed by atoms with Gasteiger partial charge in [0.2, 0.25) is 11.8 Å². The molecule has 1 aromatic carbocycles. The third-order valence-corrected chi connectivity index (χ3v) is 6.43. The van der Waals surface area contributed by atoms with Gasteiger partial charge in [0.05, 0.1) is 40.3 Å². The number of nitriles is 3. The van der Waals surface area contributed by atoms with Gasteiger partial charge in [-0.15, -0.1) is 0 Å². The third kappa shape index (κ3) is 3.67. The van der Waals surface area contributed by atoms with E-state index in [0.29, 0.717) is 5.56 Å². The largest absolute Gasteiger partial charge is 0.365 e. The Morgan fingerprint density at radius 3 is 2.36 bits per heavy atom. The van der Waals surface area contributed by atoms with Gasteiger partial charge in [0.25, 0.3) is 5.69 Å². The average Bonchev–Trinajstić information content (AvgIpc) is 3.66. The monoisotopic (exact) mass is 441 g/mol. The summed E-state index contributed by atoms with van der Waals surface area (Å²) in [7, 11) is 0. The van der Waals surface area contributed by atoms with Crippen LogP contribution >= 0.6 is 0 Å². The summed E-state index contributed by atoms with van der Waals surface area (Å²) in [5.74, 6) is -2.16. The number of aryl methyl sites for hydroxylation is 1. The van der Waals surface area contributed by atoms with Gasteiger partial charge >= 0.3 is 0 Å². The van der Waals surface area contributed by atoms with Gasteiger partial charge in [-0.3, -0.25) is 10.1 Å². The Morgan fingerprint density at radius 2 is 1.85 bits per heavy atom. The SMILES string of the molecule is Cc1cccc[n+]1C1C(c2ccc([N+](=O)[O-])cc2)C(C#N)=C(C(C#N)C#N)NC1(O)C1CC1. The highest BCUT2D eigenvalue weighted by atomic mass is 16.6. The molecule has 2 N–H and O–H groups in total. The van der Waals surface area contributed by atoms with Crippen LogP contribution < -0.4 is 9.88 Å². The Balaban J connectivity index is 2.02. The van der Waals surface area contributed by atoms with Gasteiger partial charge < -0.3 is 10.4 Å². The summed E-state index contributed by atoms with van der Waals surface area (Å²) in [6.45, 7) is 1.89. The number of rotatable bonds is 5. The number of hydrogen-bond donors (Lipinski definition) is 2. The summed E-state index contributed by atoms with van der Waals surface area (Å²) >= 11 is 0. The van der Waals surface area contributed by atoms with E-state index >= 15 is 0 Å². The molecule has 0 spiro atoms. The number of aromatic nitrogens is 1. The lowest BCUT2D eigenvalue weighted by Gasteiger charge is -2.43. The maximum absolute atomic E-state index is 12.0. The van der Waals surface area contributed by atoms with Gasteiger partial charge in [0.1, 0.15) is 0 Å². The number of benzene rings is 1. The second-order valence-corrected chi connectivity index (χ2v) is 8.38. The first-order chi connectivity index (χ1) is 15.8. The molecule has 2 aromatic rings. The third-order valence-electron chi connectivity index (χ3n) is 6.43. The summed E-state index contributed by atoms with van der Waals surface area (Å²) in [6.07, 6.45) is 3.32. The molecule has 2 aliphatic rings. The van der Waals surface area contributed by atoms with Crippen LogP contribution in [0.1, 0.15) is 36.1 Å². The van der Waals surface area contributed by atoms with E-state index in [-0.39, 0.29) is 22.9 Å². The minimum atomic E-state index is -1.54. The molecule has 0 bridgehead atoms. The summed E-state index contributed by atoms with van der Waals surface area (Å²) in [5.41, 5.74) is 0.0255. The number of hydrogen-bond acceptors (Lipinski definition) is 7. The van der Waals surface area contributed by atoms with Gasteiger partial charge in [0.15, 0.2) is 17.8 Å². The number of aliphatic hydroxyl groups is 1. The molecule has 1 fully saturated rings. The van der Waals surface area contributed by atoms with Gasteiger partial charge in [-0.05, 0) is 18.4 Å². The van der Waals surface area contributed by atoms with Crippen molar-refractivity contribution in [1.29, 1.82) is 15.8 Å². The van der Waals surface area contributed by atoms with Crippen LogP contribution in [0, 0.1) is 62.9 Å². The van der Waals surface area contributed by atoms with Gasteiger partial charge in [-0.25, -0.2) is 0 Å². The molecule has 33 heavy (non-hydrogen) atoms. The summed E-state index contributed by atoms with van der Waals surface area (Å²) in [6, 6.07) is 16.7. The highest BCUT2D eigenvalue weighted by molar-refractivity contribution is 5.48. The molecule has 0 amide bonds. The summed E-state index contributed by atoms with van der Waals surface area (Å²) in [5, 5.41) is 55.6. The van der Waals surface area contributed by atoms with Crippen molar-refractivity contribution in [3.8, 4) is 18.2 Å². The zero-order chi connectivity index (χ0) is 23.8. The normalized spacial score (nSPS) is 24.4. The Kier molecular flexibility index (Phi) is 5.55. The first-order valence-corrected chi connectivity index (χ1v) is 10.5. The van der Waals surface area contributed by atoms with E-state index < -0.39 is 28.5 Å². The van der Waals surface area contributed by atoms with Gasteiger partial charge in [-0.2, -0.15) is 20.4 Å². The van der Waals surface area contributed by atoms with Crippen LogP contribution in [0.4, 0.5) is 5.69 Å². The summed E-state index contributed by atoms with van der Waals surface area (Å²) in [4.78, 5) is 10.7. The Hall–Kier alpha value is -4.26. The fourth-order valence-electron chi connectivity index (χ4n) is 4.70. The van der Waals surface area contributed by atoms with Crippen molar-refractivity contribution in [2.75, 3.05) is 0 Å². The van der Waals surface area contributed by atoms with Gasteiger partial charge in [0, 0.05) is 37.1 Å². The molecular weight excluding hydrogens is 420 g/mol. The molecule has 0 saturated heterocycles. The number of non-ortho nitro benzene ring substituents is 1. The molecule has 2 heterocycles. The number of nitro benzene ring substituents is 1. The lowest BCUT2D eigenvalue weighted by atomic mass is 9.73. The zero-order valence-corrected chi connectivity index (χ0v) is 17.8. The lowest BCUT2D eigenvalue weighted by molar-refractivity contribution is -0.747. The fraction of sp³-hybridized carbons (Fsp3) is 0.333. The second-order valence-electron chi connectivity index (χ2n) is 8.38. The predicted molar refractivity (Wildman–Crippen MR) is 114 cm³/mol. The lowest BCUT2D eigenvalue weighted by Crippen LogP contribution is -2.67. The van der Waals surface area contributed by atoms with Gasteiger partial charge in [-0.1, -0.05) is 18.2 Å². The first kappa shape index (κ1) is 22.0. The van der Waals surface area contributed by atoms with Crippen LogP contribution in [0.3, 0.4) is 0 Å². The molecular formula is C24H21N6O3+. The van der Waals surface area contributed by atoms with Crippen LogP contribution in [0.5, 0.6) is 0 Å². The molecule has 3 atom stereocenters. The molecule has 1 aliphatic heterocycles. The molecule has 9 nitrogen and oxygen atoms in total. The number of nitrogens with one attached hydrogen (secondary N) is 1. The summed E-state index contributed by atoms with van der Waals surface area (Å²) < 4.78 is 1.89. The Bertz CT molecular complexity index is 1250. The maximum Gasteiger partial charge on any atom is 0.269 e. The molecule has 3 unspecified atom stereocenters. The predicted octanol–water partition coefficient (Wildman–Crippen LogP) is 2.66. The van der Waals surface area contributed by atoms with Crippen LogP contribution in [-0.2, 0) is 0 Å². The number of nitrogens with zero attached hydrogens (tertiary/aromatic N) is 5. The maximum atomic E-state index is 12.0. The van der Waals surface area contributed by atoms with E-state index in [9.17, 15) is 31.0 Å². The molecule has 4 rings (SSSR count). The standard InChI is InChI=1S/C24H21N6O3/c1-15-4-2-3-11-29(15)23-21(16-5-9-19(10-6-16)30(32)33)20(14-27)22(17(12-25)13-26)28-24(23,31)18-7-8-18/h2-6,9-11,17-18,21,23,28,31H,7-8H2,1H3/q+1. The van der Waals surface area contributed by atoms with Crippen LogP contribution in [-0.4, -0.2) is 15.8 Å². The topological polar surface area (TPSA) is 151 Å². The highest BCUT2D eigenvalue weighted by Crippen LogP contribution is 2.52. The van der Waals surface area contributed by atoms with Crippen LogP contribution in [0.25, 0.3) is 0 Å². The first-order valence-electron chi connectivity index (χ1n) is 10.5. The van der Waals surface area contributed by atoms with Crippen LogP contribution in [0.2, 0.25) is 0 Å². The van der Waals surface area contributed by atoms with E-state index in [4.69, 9.17) is 0 Å². The number of pyridine rings is 1. The molecule has 9 heteroatoms. The van der Waals surface area contributed by atoms with Crippen LogP contribution in [0.15, 0.2) is 59.9 Å². The highest BCUT2D eigenvalue weighted by Gasteiger charge is 2.62. The quantitative estimate of drug-likeness (QED) is 0.411. The smallest absolute Gasteiger partial charge is 0.269 e. The number of nitro groups is 1. The van der Waals surface area contributed by atoms with Crippen molar-refractivity contribution in [2.45, 2.75) is 37.5 Å². The van der Waals surface area contributed by atoms with E-state index in [0.717, 1.165) is 18.5 Å². The van der Waals surface area contributed by atoms with Crippen molar-refractivity contribution in [1.82, 2.24) is 5.32 Å². The Labute approximate surface area is 190 Å². The molecule has 1 aliphatic carbocycles. The van der Waals surface area contributed by atoms with E-state index in [2.05, 4.69) is 11.4 Å². The van der Waals surface area contributed by atoms with Crippen molar-refractivity contribution in [2.24, 2.45) is 11.8 Å². The second kappa shape index (κ2) is 8.35. The van der Waals surface area contributed by atoms with E-state index in [1.54, 1.807) is 12.1 Å². The van der Waals surface area contributed by atoms with Crippen molar-refractivity contribution in [3.05, 3.63) is 81.3 Å².